The molecule has 0 radical (unpaired) electrons. The molecule has 0 saturated heterocycles. The van der Waals surface area contributed by atoms with Crippen LogP contribution in [0, 0.1) is 0 Å². The molecule has 0 bridgehead atoms. The second-order valence-electron chi connectivity index (χ2n) is 3.08. The third-order valence-corrected chi connectivity index (χ3v) is 2.96. The minimum atomic E-state index is 0.466. The van der Waals surface area contributed by atoms with Crippen molar-refractivity contribution in [1.29, 1.82) is 0 Å². The molecule has 0 fully saturated rings. The molecule has 4 heteroatoms. The van der Waals surface area contributed by atoms with Crippen LogP contribution in [0.5, 0.6) is 0 Å². The van der Waals surface area contributed by atoms with Gasteiger partial charge in [-0.3, -0.25) is 0 Å². The van der Waals surface area contributed by atoms with Gasteiger partial charge in [-0.05, 0) is 30.5 Å². The average molecular weight is 247 g/mol. The molecule has 2 aromatic heterocycles. The quantitative estimate of drug-likeness (QED) is 0.818. The van der Waals surface area contributed by atoms with Crippen LogP contribution < -0.4 is 5.73 Å². The molecule has 0 aliphatic heterocycles. The third-order valence-electron chi connectivity index (χ3n) is 1.98. The van der Waals surface area contributed by atoms with Crippen molar-refractivity contribution >= 4 is 28.6 Å². The highest BCUT2D eigenvalue weighted by Crippen LogP contribution is 2.20. The average Bonchev–Trinajstić information content (AvgIpc) is 2.88. The van der Waals surface area contributed by atoms with Crippen LogP contribution in [0.15, 0.2) is 40.8 Å². The van der Waals surface area contributed by atoms with E-state index in [4.69, 9.17) is 5.73 Å². The predicted octanol–water partition coefficient (Wildman–Crippen LogP) is 3.89. The molecule has 0 aromatic carbocycles. The number of aromatic nitrogens is 1. The lowest BCUT2D eigenvalue weighted by atomic mass is 10.3. The van der Waals surface area contributed by atoms with Gasteiger partial charge in [0, 0.05) is 11.1 Å². The molecule has 2 aromatic rings. The Hall–Kier alpha value is -1.68. The summed E-state index contributed by atoms with van der Waals surface area (Å²) in [4.78, 5) is 9.58. The Morgan fingerprint density at radius 2 is 2.06 bits per heavy atom. The van der Waals surface area contributed by atoms with E-state index >= 15 is 0 Å². The summed E-state index contributed by atoms with van der Waals surface area (Å²) in [6, 6.07) is 7.73. The maximum atomic E-state index is 5.71. The van der Waals surface area contributed by atoms with Crippen molar-refractivity contribution in [1.82, 2.24) is 4.98 Å². The van der Waals surface area contributed by atoms with Crippen LogP contribution in [-0.2, 0) is 0 Å². The van der Waals surface area contributed by atoms with Gasteiger partial charge in [0.2, 0.25) is 0 Å². The lowest BCUT2D eigenvalue weighted by Gasteiger charge is -1.99. The van der Waals surface area contributed by atoms with Crippen molar-refractivity contribution in [2.75, 3.05) is 5.73 Å². The minimum absolute atomic E-state index is 0.466. The fourth-order valence-corrected chi connectivity index (χ4v) is 1.90. The first-order chi connectivity index (χ1) is 8.27. The summed E-state index contributed by atoms with van der Waals surface area (Å²) in [5.74, 6) is 0.466. The zero-order chi connectivity index (χ0) is 12.7. The van der Waals surface area contributed by atoms with Gasteiger partial charge in [-0.15, -0.1) is 11.3 Å². The topological polar surface area (TPSA) is 51.3 Å². The van der Waals surface area contributed by atoms with Crippen molar-refractivity contribution < 1.29 is 0 Å². The van der Waals surface area contributed by atoms with Gasteiger partial charge in [0.1, 0.15) is 11.5 Å². The molecule has 0 amide bonds. The Morgan fingerprint density at radius 1 is 1.29 bits per heavy atom. The molecule has 0 spiro atoms. The maximum Gasteiger partial charge on any atom is 0.149 e. The van der Waals surface area contributed by atoms with Crippen molar-refractivity contribution in [2.24, 2.45) is 4.99 Å². The van der Waals surface area contributed by atoms with Crippen LogP contribution in [0.2, 0.25) is 0 Å². The number of nitrogens with two attached hydrogens (primary N) is 1. The van der Waals surface area contributed by atoms with E-state index in [0.29, 0.717) is 5.82 Å². The normalized spacial score (nSPS) is 10.6. The van der Waals surface area contributed by atoms with Gasteiger partial charge in [-0.25, -0.2) is 9.98 Å². The summed E-state index contributed by atoms with van der Waals surface area (Å²) in [6.45, 7) is 5.97. The van der Waals surface area contributed by atoms with Crippen molar-refractivity contribution in [3.63, 3.8) is 0 Å². The molecule has 2 rings (SSSR count). The Morgan fingerprint density at radius 3 is 2.65 bits per heavy atom. The van der Waals surface area contributed by atoms with Crippen LogP contribution >= 0.6 is 11.3 Å². The van der Waals surface area contributed by atoms with E-state index in [1.807, 2.05) is 50.4 Å². The van der Waals surface area contributed by atoms with Crippen molar-refractivity contribution in [3.8, 4) is 0 Å². The first kappa shape index (κ1) is 13.4. The smallest absolute Gasteiger partial charge is 0.149 e. The fourth-order valence-electron chi connectivity index (χ4n) is 1.22. The number of nitrogen functional groups attached to an aromatic ring is 1. The summed E-state index contributed by atoms with van der Waals surface area (Å²) in [6.07, 6.45) is 1.66. The highest BCUT2D eigenvalue weighted by molar-refractivity contribution is 7.12. The van der Waals surface area contributed by atoms with Crippen LogP contribution in [0.1, 0.15) is 25.6 Å². The largest absolute Gasteiger partial charge is 0.382 e. The van der Waals surface area contributed by atoms with Gasteiger partial charge in [0.15, 0.2) is 0 Å². The number of aliphatic imine (C=N–C) groups is 1. The molecule has 17 heavy (non-hydrogen) atoms. The second-order valence-corrected chi connectivity index (χ2v) is 4.03. The molecule has 0 aliphatic rings. The Kier molecular flexibility index (Phi) is 5.36. The lowest BCUT2D eigenvalue weighted by molar-refractivity contribution is 1.31. The highest BCUT2D eigenvalue weighted by atomic mass is 32.1. The summed E-state index contributed by atoms with van der Waals surface area (Å²) in [5, 5.41) is 2.03. The van der Waals surface area contributed by atoms with E-state index in [-0.39, 0.29) is 0 Å². The molecule has 2 heterocycles. The van der Waals surface area contributed by atoms with Crippen LogP contribution in [0.4, 0.5) is 11.5 Å². The predicted molar refractivity (Wildman–Crippen MR) is 76.2 cm³/mol. The van der Waals surface area contributed by atoms with Gasteiger partial charge in [0.05, 0.1) is 5.71 Å². The Bertz CT molecular complexity index is 475. The number of hydrogen-bond donors (Lipinski definition) is 1. The number of hydrogen-bond acceptors (Lipinski definition) is 4. The van der Waals surface area contributed by atoms with Gasteiger partial charge in [-0.2, -0.15) is 0 Å². The molecule has 90 valence electrons. The van der Waals surface area contributed by atoms with Crippen molar-refractivity contribution in [3.05, 3.63) is 40.7 Å². The molecular weight excluding hydrogens is 230 g/mol. The second kappa shape index (κ2) is 6.81. The molecule has 2 N–H and O–H groups in total. The van der Waals surface area contributed by atoms with Gasteiger partial charge >= 0.3 is 0 Å². The Balaban J connectivity index is 0.000000686. The molecule has 0 unspecified atom stereocenters. The zero-order valence-electron chi connectivity index (χ0n) is 10.3. The monoisotopic (exact) mass is 247 g/mol. The van der Waals surface area contributed by atoms with E-state index in [0.717, 1.165) is 16.3 Å². The molecular formula is C13H17N3S. The molecule has 0 aliphatic carbocycles. The number of nitrogens with zero attached hydrogens (tertiary/aromatic N) is 2. The molecule has 0 saturated carbocycles. The van der Waals surface area contributed by atoms with Gasteiger partial charge < -0.3 is 5.73 Å². The first-order valence-corrected chi connectivity index (χ1v) is 6.45. The number of rotatable bonds is 2. The summed E-state index contributed by atoms with van der Waals surface area (Å²) in [7, 11) is 0. The van der Waals surface area contributed by atoms with Crippen molar-refractivity contribution in [2.45, 2.75) is 20.8 Å². The maximum absolute atomic E-state index is 5.71. The summed E-state index contributed by atoms with van der Waals surface area (Å²) >= 11 is 1.66. The van der Waals surface area contributed by atoms with E-state index in [2.05, 4.69) is 9.98 Å². The fraction of sp³-hybridized carbons (Fsp3) is 0.231. The first-order valence-electron chi connectivity index (χ1n) is 5.57. The minimum Gasteiger partial charge on any atom is -0.382 e. The number of pyridine rings is 1. The molecule has 0 atom stereocenters. The third kappa shape index (κ3) is 3.67. The van der Waals surface area contributed by atoms with Crippen LogP contribution in [0.25, 0.3) is 0 Å². The SMILES string of the molecule is CC.CC(=Nc1cccnc1N)c1cccs1. The van der Waals surface area contributed by atoms with Gasteiger partial charge in [-0.1, -0.05) is 19.9 Å². The zero-order valence-corrected chi connectivity index (χ0v) is 11.2. The highest BCUT2D eigenvalue weighted by Gasteiger charge is 2.00. The summed E-state index contributed by atoms with van der Waals surface area (Å²) < 4.78 is 0. The lowest BCUT2D eigenvalue weighted by Crippen LogP contribution is -1.93. The summed E-state index contributed by atoms with van der Waals surface area (Å²) in [5.41, 5.74) is 7.40. The van der Waals surface area contributed by atoms with E-state index in [1.165, 1.54) is 0 Å². The Labute approximate surface area is 106 Å². The number of thiophene rings is 1. The van der Waals surface area contributed by atoms with Gasteiger partial charge in [0.25, 0.3) is 0 Å². The molecule has 3 nitrogen and oxygen atoms in total. The number of anilines is 1. The van der Waals surface area contributed by atoms with E-state index in [1.54, 1.807) is 17.5 Å². The van der Waals surface area contributed by atoms with Crippen LogP contribution in [0.3, 0.4) is 0 Å². The standard InChI is InChI=1S/C11H11N3S.C2H6/c1-8(10-5-3-7-15-10)14-9-4-2-6-13-11(9)12;1-2/h2-7H,1H3,(H2,12,13);1-2H3. The van der Waals surface area contributed by atoms with E-state index < -0.39 is 0 Å². The van der Waals surface area contributed by atoms with Crippen LogP contribution in [-0.4, -0.2) is 10.7 Å². The van der Waals surface area contributed by atoms with E-state index in [9.17, 15) is 0 Å².